The summed E-state index contributed by atoms with van der Waals surface area (Å²) >= 11 is 5.81. The number of halogens is 1. The molecular weight excluding hydrogens is 312 g/mol. The van der Waals surface area contributed by atoms with Gasteiger partial charge in [0.25, 0.3) is 5.91 Å². The fourth-order valence-electron chi connectivity index (χ4n) is 2.08. The van der Waals surface area contributed by atoms with Crippen molar-refractivity contribution in [1.29, 1.82) is 0 Å². The van der Waals surface area contributed by atoms with Crippen molar-refractivity contribution in [2.45, 2.75) is 0 Å². The van der Waals surface area contributed by atoms with Crippen LogP contribution in [0.1, 0.15) is 0 Å². The Balaban J connectivity index is 2.32. The molecule has 0 saturated carbocycles. The molecule has 1 aromatic rings. The Morgan fingerprint density at radius 3 is 2.82 bits per heavy atom. The molecule has 118 valence electrons. The van der Waals surface area contributed by atoms with Gasteiger partial charge >= 0.3 is 5.97 Å². The smallest absolute Gasteiger partial charge is 0.337 e. The molecule has 3 N–H and O–H groups in total. The Bertz CT molecular complexity index is 644. The molecule has 0 aliphatic carbocycles. The third kappa shape index (κ3) is 3.15. The molecule has 1 amide bonds. The van der Waals surface area contributed by atoms with Gasteiger partial charge in [0.15, 0.2) is 0 Å². The number of amides is 1. The maximum atomic E-state index is 12.3. The van der Waals surface area contributed by atoms with Crippen LogP contribution < -0.4 is 5.32 Å². The maximum absolute atomic E-state index is 12.3. The van der Waals surface area contributed by atoms with Crippen molar-refractivity contribution < 1.29 is 24.5 Å². The summed E-state index contributed by atoms with van der Waals surface area (Å²) in [6.07, 6.45) is 0. The quantitative estimate of drug-likeness (QED) is 0.544. The van der Waals surface area contributed by atoms with Gasteiger partial charge in [-0.3, -0.25) is 4.79 Å². The van der Waals surface area contributed by atoms with E-state index in [1.165, 1.54) is 30.2 Å². The second kappa shape index (κ2) is 6.67. The SMILES string of the molecule is COC(=O)C1=C(Nc2ccc(O)c(Cl)c2)C(=O)N(CCO)C1. The molecule has 1 heterocycles. The first-order valence-electron chi connectivity index (χ1n) is 6.45. The van der Waals surface area contributed by atoms with Gasteiger partial charge in [-0.15, -0.1) is 0 Å². The Hall–Kier alpha value is -2.25. The number of β-amino-alcohol motifs (C(OH)–C–C–N with tert-alkyl or cyclic N) is 1. The number of aromatic hydroxyl groups is 1. The van der Waals surface area contributed by atoms with Crippen LogP contribution in [-0.2, 0) is 14.3 Å². The van der Waals surface area contributed by atoms with E-state index in [0.29, 0.717) is 5.69 Å². The zero-order chi connectivity index (χ0) is 16.3. The first-order valence-corrected chi connectivity index (χ1v) is 6.83. The number of anilines is 1. The minimum absolute atomic E-state index is 0.0558. The third-order valence-electron chi connectivity index (χ3n) is 3.17. The number of carbonyl (C=O) groups excluding carboxylic acids is 2. The third-order valence-corrected chi connectivity index (χ3v) is 3.47. The molecule has 0 spiro atoms. The first kappa shape index (κ1) is 16.1. The fraction of sp³-hybridized carbons (Fsp3) is 0.286. The fourth-order valence-corrected chi connectivity index (χ4v) is 2.26. The van der Waals surface area contributed by atoms with E-state index in [4.69, 9.17) is 16.7 Å². The highest BCUT2D eigenvalue weighted by molar-refractivity contribution is 6.32. The van der Waals surface area contributed by atoms with Crippen LogP contribution in [0, 0.1) is 0 Å². The number of carbonyl (C=O) groups is 2. The van der Waals surface area contributed by atoms with Gasteiger partial charge in [-0.1, -0.05) is 11.6 Å². The van der Waals surface area contributed by atoms with Crippen molar-refractivity contribution in [3.05, 3.63) is 34.5 Å². The van der Waals surface area contributed by atoms with Crippen molar-refractivity contribution in [2.24, 2.45) is 0 Å². The maximum Gasteiger partial charge on any atom is 0.337 e. The molecular formula is C14H15ClN2O5. The summed E-state index contributed by atoms with van der Waals surface area (Å²) in [5.41, 5.74) is 0.686. The highest BCUT2D eigenvalue weighted by Gasteiger charge is 2.34. The number of phenolic OH excluding ortho intramolecular Hbond substituents is 1. The summed E-state index contributed by atoms with van der Waals surface area (Å²) in [5.74, 6) is -1.13. The number of hydrogen-bond donors (Lipinski definition) is 3. The van der Waals surface area contributed by atoms with Gasteiger partial charge in [0.1, 0.15) is 11.4 Å². The van der Waals surface area contributed by atoms with E-state index in [9.17, 15) is 14.7 Å². The lowest BCUT2D eigenvalue weighted by atomic mass is 10.2. The molecule has 1 aliphatic heterocycles. The van der Waals surface area contributed by atoms with E-state index in [0.717, 1.165) is 0 Å². The summed E-state index contributed by atoms with van der Waals surface area (Å²) in [7, 11) is 1.23. The van der Waals surface area contributed by atoms with E-state index in [-0.39, 0.29) is 41.7 Å². The van der Waals surface area contributed by atoms with E-state index in [1.54, 1.807) is 0 Å². The van der Waals surface area contributed by atoms with Gasteiger partial charge in [0.2, 0.25) is 0 Å². The van der Waals surface area contributed by atoms with Crippen LogP contribution >= 0.6 is 11.6 Å². The zero-order valence-electron chi connectivity index (χ0n) is 11.8. The van der Waals surface area contributed by atoms with Crippen LogP contribution in [0.15, 0.2) is 29.5 Å². The normalized spacial score (nSPS) is 14.5. The molecule has 8 heteroatoms. The average Bonchev–Trinajstić information content (AvgIpc) is 2.80. The number of aliphatic hydroxyl groups is 1. The molecule has 0 saturated heterocycles. The standard InChI is InChI=1S/C14H15ClN2O5/c1-22-14(21)9-7-17(4-5-18)13(20)12(9)16-8-2-3-11(19)10(15)6-8/h2-3,6,16,18-19H,4-5,7H2,1H3. The largest absolute Gasteiger partial charge is 0.506 e. The number of hydrogen-bond acceptors (Lipinski definition) is 6. The molecule has 7 nitrogen and oxygen atoms in total. The van der Waals surface area contributed by atoms with Crippen LogP contribution in [0.2, 0.25) is 5.02 Å². The van der Waals surface area contributed by atoms with E-state index in [1.807, 2.05) is 0 Å². The van der Waals surface area contributed by atoms with Gasteiger partial charge < -0.3 is 25.2 Å². The Labute approximate surface area is 131 Å². The Kier molecular flexibility index (Phi) is 4.89. The molecule has 1 aromatic carbocycles. The van der Waals surface area contributed by atoms with E-state index in [2.05, 4.69) is 10.1 Å². The second-order valence-electron chi connectivity index (χ2n) is 4.59. The average molecular weight is 327 g/mol. The number of methoxy groups -OCH3 is 1. The Morgan fingerprint density at radius 1 is 1.50 bits per heavy atom. The minimum atomic E-state index is -0.624. The number of esters is 1. The molecule has 2 rings (SSSR count). The summed E-state index contributed by atoms with van der Waals surface area (Å²) in [6, 6.07) is 4.32. The number of nitrogens with one attached hydrogen (secondary N) is 1. The van der Waals surface area contributed by atoms with Crippen molar-refractivity contribution in [1.82, 2.24) is 4.90 Å². The lowest BCUT2D eigenvalue weighted by Crippen LogP contribution is -2.31. The van der Waals surface area contributed by atoms with Crippen LogP contribution in [0.25, 0.3) is 0 Å². The van der Waals surface area contributed by atoms with Crippen LogP contribution in [0.3, 0.4) is 0 Å². The molecule has 0 unspecified atom stereocenters. The number of phenols is 1. The van der Waals surface area contributed by atoms with Crippen LogP contribution in [-0.4, -0.2) is 53.8 Å². The predicted molar refractivity (Wildman–Crippen MR) is 79.4 cm³/mol. The summed E-state index contributed by atoms with van der Waals surface area (Å²) in [4.78, 5) is 25.4. The van der Waals surface area contributed by atoms with Gasteiger partial charge in [0.05, 0.1) is 30.9 Å². The van der Waals surface area contributed by atoms with Crippen LogP contribution in [0.5, 0.6) is 5.75 Å². The van der Waals surface area contributed by atoms with E-state index < -0.39 is 11.9 Å². The Morgan fingerprint density at radius 2 is 2.23 bits per heavy atom. The minimum Gasteiger partial charge on any atom is -0.506 e. The summed E-state index contributed by atoms with van der Waals surface area (Å²) in [5, 5.41) is 21.3. The van der Waals surface area contributed by atoms with Gasteiger partial charge in [0, 0.05) is 12.2 Å². The number of ether oxygens (including phenoxy) is 1. The van der Waals surface area contributed by atoms with Crippen LogP contribution in [0.4, 0.5) is 5.69 Å². The van der Waals surface area contributed by atoms with Gasteiger partial charge in [-0.2, -0.15) is 0 Å². The topological polar surface area (TPSA) is 99.1 Å². The van der Waals surface area contributed by atoms with Crippen molar-refractivity contribution in [3.8, 4) is 5.75 Å². The highest BCUT2D eigenvalue weighted by Crippen LogP contribution is 2.28. The molecule has 0 bridgehead atoms. The highest BCUT2D eigenvalue weighted by atomic mass is 35.5. The number of benzene rings is 1. The summed E-state index contributed by atoms with van der Waals surface area (Å²) in [6.45, 7) is -0.0421. The number of nitrogens with zero attached hydrogens (tertiary/aromatic N) is 1. The van der Waals surface area contributed by atoms with E-state index >= 15 is 0 Å². The number of aliphatic hydroxyl groups excluding tert-OH is 1. The second-order valence-corrected chi connectivity index (χ2v) is 4.99. The first-order chi connectivity index (χ1) is 10.5. The molecule has 22 heavy (non-hydrogen) atoms. The number of rotatable bonds is 5. The molecule has 0 radical (unpaired) electrons. The molecule has 0 aromatic heterocycles. The lowest BCUT2D eigenvalue weighted by molar-refractivity contribution is -0.136. The molecule has 0 atom stereocenters. The molecule has 0 fully saturated rings. The van der Waals surface area contributed by atoms with Gasteiger partial charge in [-0.05, 0) is 18.2 Å². The molecule has 1 aliphatic rings. The lowest BCUT2D eigenvalue weighted by Gasteiger charge is -2.15. The van der Waals surface area contributed by atoms with Crippen molar-refractivity contribution in [2.75, 3.05) is 32.1 Å². The summed E-state index contributed by atoms with van der Waals surface area (Å²) < 4.78 is 4.68. The predicted octanol–water partition coefficient (Wildman–Crippen LogP) is 0.719. The zero-order valence-corrected chi connectivity index (χ0v) is 12.6. The van der Waals surface area contributed by atoms with Crippen molar-refractivity contribution in [3.63, 3.8) is 0 Å². The van der Waals surface area contributed by atoms with Crippen molar-refractivity contribution >= 4 is 29.2 Å². The van der Waals surface area contributed by atoms with Gasteiger partial charge in [-0.25, -0.2) is 4.79 Å². The monoisotopic (exact) mass is 326 g/mol.